The summed E-state index contributed by atoms with van der Waals surface area (Å²) in [6.45, 7) is 0. The molecular weight excluding hydrogens is 332 g/mol. The zero-order chi connectivity index (χ0) is 18.1. The number of fused-ring (bicyclic) bond motifs is 1. The Morgan fingerprint density at radius 2 is 1.41 bits per heavy atom. The Morgan fingerprint density at radius 1 is 0.741 bits per heavy atom. The van der Waals surface area contributed by atoms with Gasteiger partial charge in [-0.3, -0.25) is 0 Å². The highest BCUT2D eigenvalue weighted by Gasteiger charge is 2.17. The first kappa shape index (κ1) is 15.6. The molecule has 0 bridgehead atoms. The Morgan fingerprint density at radius 3 is 2.19 bits per heavy atom. The fourth-order valence-electron chi connectivity index (χ4n) is 3.46. The molecule has 0 unspecified atom stereocenters. The highest BCUT2D eigenvalue weighted by molar-refractivity contribution is 5.83. The Labute approximate surface area is 157 Å². The third-order valence-corrected chi connectivity index (χ3v) is 4.77. The topological polar surface area (TPSA) is 41.8 Å². The van der Waals surface area contributed by atoms with E-state index in [1.165, 1.54) is 10.9 Å². The number of aromatic amines is 1. The SMILES string of the molecule is c1ccc(-c2nc(Cc3c[nH]c4ccccc34)oc2-c2ccccc2)cc1. The van der Waals surface area contributed by atoms with Gasteiger partial charge >= 0.3 is 0 Å². The van der Waals surface area contributed by atoms with Gasteiger partial charge in [0.2, 0.25) is 0 Å². The first-order chi connectivity index (χ1) is 13.4. The van der Waals surface area contributed by atoms with Gasteiger partial charge in [-0.15, -0.1) is 0 Å². The Hall–Kier alpha value is -3.59. The van der Waals surface area contributed by atoms with Gasteiger partial charge in [0, 0.05) is 28.2 Å². The van der Waals surface area contributed by atoms with Gasteiger partial charge in [0.1, 0.15) is 5.69 Å². The molecule has 0 saturated heterocycles. The largest absolute Gasteiger partial charge is 0.440 e. The molecule has 5 aromatic rings. The number of nitrogens with zero attached hydrogens (tertiary/aromatic N) is 1. The molecule has 0 spiro atoms. The van der Waals surface area contributed by atoms with E-state index in [9.17, 15) is 0 Å². The highest BCUT2D eigenvalue weighted by Crippen LogP contribution is 2.33. The number of rotatable bonds is 4. The fraction of sp³-hybridized carbons (Fsp3) is 0.0417. The molecule has 3 aromatic carbocycles. The molecule has 2 aromatic heterocycles. The molecular formula is C24H18N2O. The molecule has 3 heteroatoms. The van der Waals surface area contributed by atoms with Crippen molar-refractivity contribution in [3.63, 3.8) is 0 Å². The zero-order valence-corrected chi connectivity index (χ0v) is 14.7. The van der Waals surface area contributed by atoms with E-state index < -0.39 is 0 Å². The van der Waals surface area contributed by atoms with E-state index in [1.54, 1.807) is 0 Å². The van der Waals surface area contributed by atoms with E-state index in [-0.39, 0.29) is 0 Å². The van der Waals surface area contributed by atoms with Crippen LogP contribution >= 0.6 is 0 Å². The summed E-state index contributed by atoms with van der Waals surface area (Å²) in [7, 11) is 0. The Kier molecular flexibility index (Phi) is 3.83. The van der Waals surface area contributed by atoms with Crippen molar-refractivity contribution in [3.8, 4) is 22.6 Å². The summed E-state index contributed by atoms with van der Waals surface area (Å²) >= 11 is 0. The van der Waals surface area contributed by atoms with Crippen LogP contribution < -0.4 is 0 Å². The van der Waals surface area contributed by atoms with Crippen molar-refractivity contribution in [2.75, 3.05) is 0 Å². The van der Waals surface area contributed by atoms with Crippen LogP contribution in [-0.4, -0.2) is 9.97 Å². The third-order valence-electron chi connectivity index (χ3n) is 4.77. The number of para-hydroxylation sites is 1. The molecule has 0 fully saturated rings. The standard InChI is InChI=1S/C24H18N2O/c1-3-9-17(10-4-1)23-24(18-11-5-2-6-12-18)27-22(26-23)15-19-16-25-21-14-8-7-13-20(19)21/h1-14,16,25H,15H2. The minimum Gasteiger partial charge on any atom is -0.440 e. The molecule has 0 amide bonds. The quantitative estimate of drug-likeness (QED) is 0.427. The molecule has 1 N–H and O–H groups in total. The van der Waals surface area contributed by atoms with Crippen LogP contribution in [0.5, 0.6) is 0 Å². The lowest BCUT2D eigenvalue weighted by Crippen LogP contribution is -1.87. The van der Waals surface area contributed by atoms with Crippen molar-refractivity contribution >= 4 is 10.9 Å². The molecule has 0 aliphatic rings. The van der Waals surface area contributed by atoms with E-state index in [4.69, 9.17) is 9.40 Å². The first-order valence-corrected chi connectivity index (χ1v) is 9.04. The van der Waals surface area contributed by atoms with Crippen LogP contribution in [0.3, 0.4) is 0 Å². The highest BCUT2D eigenvalue weighted by atomic mass is 16.4. The van der Waals surface area contributed by atoms with Gasteiger partial charge in [-0.05, 0) is 11.6 Å². The lowest BCUT2D eigenvalue weighted by molar-refractivity contribution is 0.520. The van der Waals surface area contributed by atoms with Crippen molar-refractivity contribution in [2.24, 2.45) is 0 Å². The van der Waals surface area contributed by atoms with Crippen LogP contribution in [-0.2, 0) is 6.42 Å². The number of benzene rings is 3. The molecule has 0 saturated carbocycles. The number of hydrogen-bond donors (Lipinski definition) is 1. The first-order valence-electron chi connectivity index (χ1n) is 9.04. The van der Waals surface area contributed by atoms with Crippen molar-refractivity contribution in [2.45, 2.75) is 6.42 Å². The summed E-state index contributed by atoms with van der Waals surface area (Å²) in [5.41, 5.74) is 5.30. The van der Waals surface area contributed by atoms with Crippen molar-refractivity contribution < 1.29 is 4.42 Å². The monoisotopic (exact) mass is 350 g/mol. The smallest absolute Gasteiger partial charge is 0.200 e. The van der Waals surface area contributed by atoms with Crippen LogP contribution in [0.15, 0.2) is 95.5 Å². The van der Waals surface area contributed by atoms with E-state index in [0.29, 0.717) is 6.42 Å². The molecule has 130 valence electrons. The average molecular weight is 350 g/mol. The summed E-state index contributed by atoms with van der Waals surface area (Å²) in [6, 6.07) is 28.7. The number of hydrogen-bond acceptors (Lipinski definition) is 2. The number of H-pyrrole nitrogens is 1. The Bertz CT molecular complexity index is 1130. The second-order valence-corrected chi connectivity index (χ2v) is 6.55. The molecule has 0 aliphatic carbocycles. The molecule has 2 heterocycles. The van der Waals surface area contributed by atoms with E-state index in [2.05, 4.69) is 47.4 Å². The van der Waals surface area contributed by atoms with Crippen molar-refractivity contribution in [3.05, 3.63) is 103 Å². The predicted molar refractivity (Wildman–Crippen MR) is 108 cm³/mol. The molecule has 5 rings (SSSR count). The van der Waals surface area contributed by atoms with Gasteiger partial charge in [-0.25, -0.2) is 4.98 Å². The summed E-state index contributed by atoms with van der Waals surface area (Å²) < 4.78 is 6.25. The lowest BCUT2D eigenvalue weighted by Gasteiger charge is -2.00. The third kappa shape index (κ3) is 2.93. The fourth-order valence-corrected chi connectivity index (χ4v) is 3.46. The maximum atomic E-state index is 6.25. The lowest BCUT2D eigenvalue weighted by atomic mass is 10.1. The van der Waals surface area contributed by atoms with E-state index in [0.717, 1.165) is 34.0 Å². The van der Waals surface area contributed by atoms with Gasteiger partial charge in [-0.1, -0.05) is 78.9 Å². The van der Waals surface area contributed by atoms with E-state index >= 15 is 0 Å². The molecule has 27 heavy (non-hydrogen) atoms. The minimum absolute atomic E-state index is 0.649. The maximum absolute atomic E-state index is 6.25. The molecule has 3 nitrogen and oxygen atoms in total. The molecule has 0 radical (unpaired) electrons. The minimum atomic E-state index is 0.649. The maximum Gasteiger partial charge on any atom is 0.200 e. The molecule has 0 atom stereocenters. The summed E-state index contributed by atoms with van der Waals surface area (Å²) in [5.74, 6) is 1.54. The van der Waals surface area contributed by atoms with Crippen LogP contribution in [0, 0.1) is 0 Å². The van der Waals surface area contributed by atoms with Gasteiger partial charge in [0.05, 0.1) is 6.42 Å². The van der Waals surface area contributed by atoms with E-state index in [1.807, 2.05) is 48.7 Å². The number of aromatic nitrogens is 2. The molecule has 0 aliphatic heterocycles. The van der Waals surface area contributed by atoms with Crippen molar-refractivity contribution in [1.82, 2.24) is 9.97 Å². The van der Waals surface area contributed by atoms with Crippen molar-refractivity contribution in [1.29, 1.82) is 0 Å². The zero-order valence-electron chi connectivity index (χ0n) is 14.7. The van der Waals surface area contributed by atoms with Crippen LogP contribution in [0.4, 0.5) is 0 Å². The second-order valence-electron chi connectivity index (χ2n) is 6.55. The summed E-state index contributed by atoms with van der Waals surface area (Å²) in [4.78, 5) is 8.18. The van der Waals surface area contributed by atoms with Crippen LogP contribution in [0.1, 0.15) is 11.5 Å². The average Bonchev–Trinajstić information content (AvgIpc) is 3.34. The van der Waals surface area contributed by atoms with Gasteiger partial charge in [-0.2, -0.15) is 0 Å². The summed E-state index contributed by atoms with van der Waals surface area (Å²) in [6.07, 6.45) is 2.69. The predicted octanol–water partition coefficient (Wildman–Crippen LogP) is 6.08. The van der Waals surface area contributed by atoms with Gasteiger partial charge in [0.15, 0.2) is 11.7 Å². The number of nitrogens with one attached hydrogen (secondary N) is 1. The van der Waals surface area contributed by atoms with Crippen LogP contribution in [0.2, 0.25) is 0 Å². The second kappa shape index (κ2) is 6.61. The summed E-state index contributed by atoms with van der Waals surface area (Å²) in [5, 5.41) is 1.21. The van der Waals surface area contributed by atoms with Gasteiger partial charge in [0.25, 0.3) is 0 Å². The van der Waals surface area contributed by atoms with Gasteiger partial charge < -0.3 is 9.40 Å². The normalized spacial score (nSPS) is 11.1. The number of oxazole rings is 1. The Balaban J connectivity index is 1.61. The van der Waals surface area contributed by atoms with Crippen LogP contribution in [0.25, 0.3) is 33.5 Å².